The minimum absolute atomic E-state index is 0.251. The van der Waals surface area contributed by atoms with Gasteiger partial charge in [0, 0.05) is 11.1 Å². The Hall–Kier alpha value is -0.600. The summed E-state index contributed by atoms with van der Waals surface area (Å²) in [5.74, 6) is -0.251. The number of halogens is 2. The Labute approximate surface area is 88.3 Å². The van der Waals surface area contributed by atoms with Crippen LogP contribution in [0.3, 0.4) is 0 Å². The fourth-order valence-electron chi connectivity index (χ4n) is 1.46. The number of benzene rings is 1. The van der Waals surface area contributed by atoms with Crippen LogP contribution in [0.25, 0.3) is 0 Å². The van der Waals surface area contributed by atoms with Gasteiger partial charge in [0.15, 0.2) is 0 Å². The van der Waals surface area contributed by atoms with Gasteiger partial charge in [-0.15, -0.1) is 0 Å². The number of rotatable bonds is 4. The third-order valence-corrected chi connectivity index (χ3v) is 2.56. The Morgan fingerprint density at radius 2 is 2.14 bits per heavy atom. The third-order valence-electron chi connectivity index (χ3n) is 2.35. The molecule has 0 bridgehead atoms. The van der Waals surface area contributed by atoms with Crippen LogP contribution in [-0.4, -0.2) is 12.6 Å². The van der Waals surface area contributed by atoms with Crippen LogP contribution < -0.4 is 5.32 Å². The molecule has 1 aromatic carbocycles. The monoisotopic (exact) mass is 213 g/mol. The lowest BCUT2D eigenvalue weighted by atomic mass is 10.1. The first-order chi connectivity index (χ1) is 6.74. The normalized spacial score (nSPS) is 15.9. The van der Waals surface area contributed by atoms with Crippen molar-refractivity contribution in [3.05, 3.63) is 34.6 Å². The van der Waals surface area contributed by atoms with Gasteiger partial charge in [-0.2, -0.15) is 0 Å². The van der Waals surface area contributed by atoms with Gasteiger partial charge in [-0.3, -0.25) is 0 Å². The molecule has 0 aliphatic heterocycles. The molecule has 0 unspecified atom stereocenters. The molecule has 1 saturated carbocycles. The number of hydrogen-bond donors (Lipinski definition) is 1. The molecule has 0 aromatic heterocycles. The molecule has 0 saturated heterocycles. The molecule has 76 valence electrons. The van der Waals surface area contributed by atoms with Crippen molar-refractivity contribution in [3.63, 3.8) is 0 Å². The number of hydrogen-bond acceptors (Lipinski definition) is 1. The van der Waals surface area contributed by atoms with Crippen molar-refractivity contribution in [1.82, 2.24) is 5.32 Å². The summed E-state index contributed by atoms with van der Waals surface area (Å²) < 4.78 is 12.9. The first-order valence-electron chi connectivity index (χ1n) is 4.92. The van der Waals surface area contributed by atoms with Crippen LogP contribution in [0.5, 0.6) is 0 Å². The van der Waals surface area contributed by atoms with Crippen molar-refractivity contribution in [1.29, 1.82) is 0 Å². The fourth-order valence-corrected chi connectivity index (χ4v) is 1.71. The molecule has 14 heavy (non-hydrogen) atoms. The summed E-state index contributed by atoms with van der Waals surface area (Å²) in [4.78, 5) is 0. The lowest BCUT2D eigenvalue weighted by molar-refractivity contribution is 0.622. The Kier molecular flexibility index (Phi) is 3.04. The molecule has 1 fully saturated rings. The quantitative estimate of drug-likeness (QED) is 0.811. The molecule has 1 aliphatic carbocycles. The zero-order valence-corrected chi connectivity index (χ0v) is 8.65. The summed E-state index contributed by atoms with van der Waals surface area (Å²) in [7, 11) is 0. The maximum atomic E-state index is 12.9. The van der Waals surface area contributed by atoms with E-state index >= 15 is 0 Å². The SMILES string of the molecule is Fc1cc(Cl)cc(CCNC2CC2)c1. The summed E-state index contributed by atoms with van der Waals surface area (Å²) in [6, 6.07) is 5.40. The van der Waals surface area contributed by atoms with Crippen LogP contribution in [0.1, 0.15) is 18.4 Å². The molecule has 0 amide bonds. The molecule has 1 nitrogen and oxygen atoms in total. The highest BCUT2D eigenvalue weighted by Crippen LogP contribution is 2.19. The largest absolute Gasteiger partial charge is 0.314 e. The van der Waals surface area contributed by atoms with Crippen LogP contribution in [0.4, 0.5) is 4.39 Å². The van der Waals surface area contributed by atoms with Gasteiger partial charge in [0.1, 0.15) is 5.82 Å². The smallest absolute Gasteiger partial charge is 0.124 e. The Balaban J connectivity index is 1.87. The molecule has 1 aromatic rings. The van der Waals surface area contributed by atoms with Gasteiger partial charge in [-0.1, -0.05) is 11.6 Å². The molecule has 0 heterocycles. The van der Waals surface area contributed by atoms with E-state index in [0.717, 1.165) is 18.5 Å². The molecule has 1 N–H and O–H groups in total. The summed E-state index contributed by atoms with van der Waals surface area (Å²) in [6.07, 6.45) is 3.40. The zero-order chi connectivity index (χ0) is 9.97. The second-order valence-corrected chi connectivity index (χ2v) is 4.19. The first kappa shape index (κ1) is 9.94. The van der Waals surface area contributed by atoms with Crippen molar-refractivity contribution >= 4 is 11.6 Å². The average molecular weight is 214 g/mol. The lowest BCUT2D eigenvalue weighted by Crippen LogP contribution is -2.19. The fraction of sp³-hybridized carbons (Fsp3) is 0.455. The van der Waals surface area contributed by atoms with Crippen molar-refractivity contribution < 1.29 is 4.39 Å². The lowest BCUT2D eigenvalue weighted by Gasteiger charge is -2.03. The van der Waals surface area contributed by atoms with Gasteiger partial charge < -0.3 is 5.32 Å². The second kappa shape index (κ2) is 4.28. The van der Waals surface area contributed by atoms with E-state index in [0.29, 0.717) is 11.1 Å². The van der Waals surface area contributed by atoms with E-state index in [-0.39, 0.29) is 5.82 Å². The number of nitrogens with one attached hydrogen (secondary N) is 1. The summed E-state index contributed by atoms with van der Waals surface area (Å²) in [6.45, 7) is 0.907. The molecule has 0 radical (unpaired) electrons. The van der Waals surface area contributed by atoms with Crippen molar-refractivity contribution in [2.24, 2.45) is 0 Å². The third kappa shape index (κ3) is 2.96. The van der Waals surface area contributed by atoms with Crippen molar-refractivity contribution in [2.45, 2.75) is 25.3 Å². The minimum Gasteiger partial charge on any atom is -0.314 e. The van der Waals surface area contributed by atoms with Gasteiger partial charge >= 0.3 is 0 Å². The zero-order valence-electron chi connectivity index (χ0n) is 7.89. The highest BCUT2D eigenvalue weighted by atomic mass is 35.5. The van der Waals surface area contributed by atoms with E-state index in [4.69, 9.17) is 11.6 Å². The van der Waals surface area contributed by atoms with E-state index in [1.807, 2.05) is 6.07 Å². The Morgan fingerprint density at radius 3 is 2.79 bits per heavy atom. The second-order valence-electron chi connectivity index (χ2n) is 3.76. The van der Waals surface area contributed by atoms with Gasteiger partial charge in [-0.25, -0.2) is 4.39 Å². The Morgan fingerprint density at radius 1 is 1.36 bits per heavy atom. The summed E-state index contributed by atoms with van der Waals surface area (Å²) in [5, 5.41) is 3.86. The first-order valence-corrected chi connectivity index (χ1v) is 5.30. The van der Waals surface area contributed by atoms with Gasteiger partial charge in [-0.05, 0) is 49.6 Å². The highest BCUT2D eigenvalue weighted by molar-refractivity contribution is 6.30. The predicted molar refractivity (Wildman–Crippen MR) is 56.1 cm³/mol. The van der Waals surface area contributed by atoms with Gasteiger partial charge in [0.2, 0.25) is 0 Å². The van der Waals surface area contributed by atoms with Crippen LogP contribution in [0, 0.1) is 5.82 Å². The summed E-state index contributed by atoms with van der Waals surface area (Å²) in [5.41, 5.74) is 0.961. The standard InChI is InChI=1S/C11H13ClFN/c12-9-5-8(6-10(13)7-9)3-4-14-11-1-2-11/h5-7,11,14H,1-4H2. The van der Waals surface area contributed by atoms with Crippen LogP contribution in [0.15, 0.2) is 18.2 Å². The molecular formula is C11H13ClFN. The van der Waals surface area contributed by atoms with Crippen LogP contribution in [-0.2, 0) is 6.42 Å². The van der Waals surface area contributed by atoms with E-state index in [1.54, 1.807) is 6.07 Å². The maximum absolute atomic E-state index is 12.9. The molecule has 2 rings (SSSR count). The van der Waals surface area contributed by atoms with Gasteiger partial charge in [0.25, 0.3) is 0 Å². The Bertz CT molecular complexity index is 303. The van der Waals surface area contributed by atoms with E-state index in [1.165, 1.54) is 18.9 Å². The van der Waals surface area contributed by atoms with Crippen LogP contribution >= 0.6 is 11.6 Å². The van der Waals surface area contributed by atoms with Crippen molar-refractivity contribution in [3.8, 4) is 0 Å². The maximum Gasteiger partial charge on any atom is 0.124 e. The molecule has 3 heteroatoms. The molecule has 1 aliphatic rings. The average Bonchev–Trinajstić information content (AvgIpc) is 2.86. The van der Waals surface area contributed by atoms with Crippen molar-refractivity contribution in [2.75, 3.05) is 6.54 Å². The van der Waals surface area contributed by atoms with Crippen LogP contribution in [0.2, 0.25) is 5.02 Å². The topological polar surface area (TPSA) is 12.0 Å². The minimum atomic E-state index is -0.251. The van der Waals surface area contributed by atoms with E-state index < -0.39 is 0 Å². The molecular weight excluding hydrogens is 201 g/mol. The highest BCUT2D eigenvalue weighted by Gasteiger charge is 2.19. The van der Waals surface area contributed by atoms with E-state index in [9.17, 15) is 4.39 Å². The molecule has 0 spiro atoms. The molecule has 0 atom stereocenters. The predicted octanol–water partition coefficient (Wildman–Crippen LogP) is 2.77. The summed E-state index contributed by atoms with van der Waals surface area (Å²) >= 11 is 5.74. The van der Waals surface area contributed by atoms with Gasteiger partial charge in [0.05, 0.1) is 0 Å². The van der Waals surface area contributed by atoms with E-state index in [2.05, 4.69) is 5.32 Å².